The van der Waals surface area contributed by atoms with E-state index in [4.69, 9.17) is 4.74 Å². The molecular weight excluding hydrogens is 358 g/mol. The van der Waals surface area contributed by atoms with Gasteiger partial charge in [-0.1, -0.05) is 74.7 Å². The van der Waals surface area contributed by atoms with Crippen molar-refractivity contribution in [3.8, 4) is 0 Å². The normalized spacial score (nSPS) is 11.2. The van der Waals surface area contributed by atoms with Crippen LogP contribution in [0.2, 0.25) is 0 Å². The predicted octanol–water partition coefficient (Wildman–Crippen LogP) is 6.56. The van der Waals surface area contributed by atoms with Crippen LogP contribution in [0.15, 0.2) is 54.6 Å². The van der Waals surface area contributed by atoms with Crippen LogP contribution in [0, 0.1) is 6.92 Å². The van der Waals surface area contributed by atoms with Crippen molar-refractivity contribution in [3.05, 3.63) is 71.4 Å². The number of unbranched alkanes of at least 4 members (excludes halogenated alkanes) is 4. The summed E-state index contributed by atoms with van der Waals surface area (Å²) in [6.07, 6.45) is 7.06. The second-order valence-electron chi connectivity index (χ2n) is 7.70. The molecule has 3 rings (SSSR count). The summed E-state index contributed by atoms with van der Waals surface area (Å²) in [5, 5.41) is 1.06. The van der Waals surface area contributed by atoms with Crippen molar-refractivity contribution in [1.29, 1.82) is 0 Å². The molecule has 154 valence electrons. The molecule has 0 aliphatic carbocycles. The van der Waals surface area contributed by atoms with Crippen molar-refractivity contribution in [2.24, 2.45) is 0 Å². The SMILES string of the molecule is CCCOCCCCCCCn1c(C)c(C(=O)c2ccccc2)c2ccccc21. The standard InChI is InChI=1S/C26H33NO2/c1-3-19-29-20-13-6-4-5-12-18-27-21(2)25(23-16-10-11-17-24(23)27)26(28)22-14-8-7-9-15-22/h7-11,14-17H,3-6,12-13,18-20H2,1-2H3. The lowest BCUT2D eigenvalue weighted by atomic mass is 10.0. The third kappa shape index (κ3) is 5.36. The highest BCUT2D eigenvalue weighted by molar-refractivity contribution is 6.17. The number of benzene rings is 2. The van der Waals surface area contributed by atoms with E-state index in [2.05, 4.69) is 36.6 Å². The van der Waals surface area contributed by atoms with E-state index in [1.165, 1.54) is 19.3 Å². The maximum Gasteiger partial charge on any atom is 0.195 e. The molecule has 0 amide bonds. The summed E-state index contributed by atoms with van der Waals surface area (Å²) < 4.78 is 7.88. The summed E-state index contributed by atoms with van der Waals surface area (Å²) in [4.78, 5) is 13.2. The van der Waals surface area contributed by atoms with Crippen LogP contribution in [0.5, 0.6) is 0 Å². The summed E-state index contributed by atoms with van der Waals surface area (Å²) in [7, 11) is 0. The molecular formula is C26H33NO2. The molecule has 0 radical (unpaired) electrons. The van der Waals surface area contributed by atoms with E-state index in [0.717, 1.165) is 66.7 Å². The molecule has 0 unspecified atom stereocenters. The predicted molar refractivity (Wildman–Crippen MR) is 121 cm³/mol. The Hall–Kier alpha value is -2.39. The Morgan fingerprint density at radius 1 is 0.862 bits per heavy atom. The number of hydrogen-bond donors (Lipinski definition) is 0. The number of aryl methyl sites for hydroxylation is 1. The molecule has 0 saturated carbocycles. The second-order valence-corrected chi connectivity index (χ2v) is 7.70. The fourth-order valence-electron chi connectivity index (χ4n) is 3.99. The van der Waals surface area contributed by atoms with Crippen LogP contribution in [0.1, 0.15) is 67.1 Å². The highest BCUT2D eigenvalue weighted by Crippen LogP contribution is 2.28. The molecule has 29 heavy (non-hydrogen) atoms. The lowest BCUT2D eigenvalue weighted by Gasteiger charge is -2.09. The van der Waals surface area contributed by atoms with Gasteiger partial charge in [-0.3, -0.25) is 4.79 Å². The number of hydrogen-bond acceptors (Lipinski definition) is 2. The first-order valence-electron chi connectivity index (χ1n) is 11.0. The molecule has 0 fully saturated rings. The van der Waals surface area contributed by atoms with Gasteiger partial charge in [0.25, 0.3) is 0 Å². The zero-order valence-electron chi connectivity index (χ0n) is 17.8. The first-order valence-corrected chi connectivity index (χ1v) is 11.0. The molecule has 0 aliphatic heterocycles. The van der Waals surface area contributed by atoms with Crippen molar-refractivity contribution in [2.75, 3.05) is 13.2 Å². The Morgan fingerprint density at radius 3 is 2.34 bits per heavy atom. The average Bonchev–Trinajstić information content (AvgIpc) is 3.04. The number of rotatable bonds is 12. The summed E-state index contributed by atoms with van der Waals surface area (Å²) in [6.45, 7) is 6.96. The summed E-state index contributed by atoms with van der Waals surface area (Å²) in [5.74, 6) is 0.116. The van der Waals surface area contributed by atoms with Crippen LogP contribution in [0.4, 0.5) is 0 Å². The van der Waals surface area contributed by atoms with Gasteiger partial charge in [0.2, 0.25) is 0 Å². The van der Waals surface area contributed by atoms with Gasteiger partial charge in [-0.05, 0) is 32.3 Å². The van der Waals surface area contributed by atoms with Crippen molar-refractivity contribution >= 4 is 16.7 Å². The fraction of sp³-hybridized carbons (Fsp3) is 0.423. The summed E-state index contributed by atoms with van der Waals surface area (Å²) in [6, 6.07) is 17.9. The van der Waals surface area contributed by atoms with E-state index in [1.807, 2.05) is 36.4 Å². The molecule has 0 atom stereocenters. The molecule has 1 aromatic heterocycles. The molecule has 3 heteroatoms. The third-order valence-electron chi connectivity index (χ3n) is 5.51. The maximum absolute atomic E-state index is 13.2. The number of fused-ring (bicyclic) bond motifs is 1. The Balaban J connectivity index is 1.65. The van der Waals surface area contributed by atoms with Gasteiger partial charge >= 0.3 is 0 Å². The number of aromatic nitrogens is 1. The van der Waals surface area contributed by atoms with Gasteiger partial charge in [0, 0.05) is 41.9 Å². The van der Waals surface area contributed by atoms with E-state index in [9.17, 15) is 4.79 Å². The molecule has 0 spiro atoms. The van der Waals surface area contributed by atoms with E-state index in [1.54, 1.807) is 0 Å². The summed E-state index contributed by atoms with van der Waals surface area (Å²) in [5.41, 5.74) is 3.84. The van der Waals surface area contributed by atoms with E-state index < -0.39 is 0 Å². The van der Waals surface area contributed by atoms with Gasteiger partial charge in [-0.15, -0.1) is 0 Å². The first-order chi connectivity index (χ1) is 14.2. The maximum atomic E-state index is 13.2. The molecule has 3 aromatic rings. The van der Waals surface area contributed by atoms with Gasteiger partial charge in [0.05, 0.1) is 5.56 Å². The van der Waals surface area contributed by atoms with Crippen LogP contribution >= 0.6 is 0 Å². The van der Waals surface area contributed by atoms with Crippen LogP contribution in [0.3, 0.4) is 0 Å². The Labute approximate surface area is 174 Å². The van der Waals surface area contributed by atoms with Gasteiger partial charge in [-0.2, -0.15) is 0 Å². The molecule has 0 bridgehead atoms. The van der Waals surface area contributed by atoms with Crippen molar-refractivity contribution in [3.63, 3.8) is 0 Å². The zero-order valence-corrected chi connectivity index (χ0v) is 17.8. The number of ether oxygens (including phenoxy) is 1. The second kappa shape index (κ2) is 11.0. The van der Waals surface area contributed by atoms with Gasteiger partial charge in [0.1, 0.15) is 0 Å². The molecule has 2 aromatic carbocycles. The Kier molecular flexibility index (Phi) is 8.06. The smallest absolute Gasteiger partial charge is 0.195 e. The number of carbonyl (C=O) groups is 1. The lowest BCUT2D eigenvalue weighted by Crippen LogP contribution is -2.05. The van der Waals surface area contributed by atoms with Crippen LogP contribution < -0.4 is 0 Å². The van der Waals surface area contributed by atoms with E-state index >= 15 is 0 Å². The van der Waals surface area contributed by atoms with Crippen LogP contribution in [-0.4, -0.2) is 23.6 Å². The molecule has 1 heterocycles. The topological polar surface area (TPSA) is 31.2 Å². The zero-order chi connectivity index (χ0) is 20.5. The van der Waals surface area contributed by atoms with E-state index in [0.29, 0.717) is 0 Å². The first kappa shape index (κ1) is 21.3. The average molecular weight is 392 g/mol. The van der Waals surface area contributed by atoms with Crippen molar-refractivity contribution in [2.45, 2.75) is 58.9 Å². The van der Waals surface area contributed by atoms with Gasteiger partial charge in [-0.25, -0.2) is 0 Å². The number of carbonyl (C=O) groups excluding carboxylic acids is 1. The Bertz CT molecular complexity index is 911. The highest BCUT2D eigenvalue weighted by Gasteiger charge is 2.20. The molecule has 3 nitrogen and oxygen atoms in total. The van der Waals surface area contributed by atoms with Crippen molar-refractivity contribution < 1.29 is 9.53 Å². The monoisotopic (exact) mass is 391 g/mol. The minimum Gasteiger partial charge on any atom is -0.381 e. The highest BCUT2D eigenvalue weighted by atomic mass is 16.5. The van der Waals surface area contributed by atoms with E-state index in [-0.39, 0.29) is 5.78 Å². The lowest BCUT2D eigenvalue weighted by molar-refractivity contribution is 0.103. The summed E-state index contributed by atoms with van der Waals surface area (Å²) >= 11 is 0. The minimum atomic E-state index is 0.116. The molecule has 0 saturated heterocycles. The van der Waals surface area contributed by atoms with Crippen LogP contribution in [0.25, 0.3) is 10.9 Å². The number of ketones is 1. The quantitative estimate of drug-likeness (QED) is 0.259. The third-order valence-corrected chi connectivity index (χ3v) is 5.51. The molecule has 0 aliphatic rings. The Morgan fingerprint density at radius 2 is 1.55 bits per heavy atom. The minimum absolute atomic E-state index is 0.116. The van der Waals surface area contributed by atoms with Gasteiger partial charge in [0.15, 0.2) is 5.78 Å². The van der Waals surface area contributed by atoms with Crippen LogP contribution in [-0.2, 0) is 11.3 Å². The van der Waals surface area contributed by atoms with Crippen molar-refractivity contribution in [1.82, 2.24) is 4.57 Å². The number of nitrogens with zero attached hydrogens (tertiary/aromatic N) is 1. The molecule has 0 N–H and O–H groups in total. The van der Waals surface area contributed by atoms with Gasteiger partial charge < -0.3 is 9.30 Å². The largest absolute Gasteiger partial charge is 0.381 e. The fourth-order valence-corrected chi connectivity index (χ4v) is 3.99. The number of para-hydroxylation sites is 1.